The van der Waals surface area contributed by atoms with Gasteiger partial charge in [0.2, 0.25) is 5.91 Å². The summed E-state index contributed by atoms with van der Waals surface area (Å²) in [4.78, 5) is 22.9. The molecule has 1 heterocycles. The monoisotopic (exact) mass is 296 g/mol. The molecular weight excluding hydrogens is 272 g/mol. The molecule has 0 radical (unpaired) electrons. The van der Waals surface area contributed by atoms with Gasteiger partial charge in [-0.1, -0.05) is 13.8 Å². The van der Waals surface area contributed by atoms with E-state index in [1.807, 2.05) is 34.0 Å². The van der Waals surface area contributed by atoms with Crippen molar-refractivity contribution in [2.45, 2.75) is 51.3 Å². The molecule has 0 aliphatic rings. The Balaban J connectivity index is 2.96. The lowest BCUT2D eigenvalue weighted by Crippen LogP contribution is -2.48. The Kier molecular flexibility index (Phi) is 6.42. The summed E-state index contributed by atoms with van der Waals surface area (Å²) < 4.78 is 0. The second-order valence-electron chi connectivity index (χ2n) is 5.34. The number of nitrogens with two attached hydrogens (primary N) is 1. The third-order valence-corrected chi connectivity index (χ3v) is 3.89. The summed E-state index contributed by atoms with van der Waals surface area (Å²) in [6.45, 7) is 8.33. The number of rotatable bonds is 6. The van der Waals surface area contributed by atoms with Gasteiger partial charge in [0.25, 0.3) is 0 Å². The van der Waals surface area contributed by atoms with E-state index in [0.717, 1.165) is 10.7 Å². The molecule has 0 aliphatic heterocycles. The lowest BCUT2D eigenvalue weighted by atomic mass is 10.0. The van der Waals surface area contributed by atoms with Crippen molar-refractivity contribution in [3.8, 4) is 0 Å². The van der Waals surface area contributed by atoms with Crippen LogP contribution in [0.1, 0.15) is 33.4 Å². The predicted molar refractivity (Wildman–Crippen MR) is 82.3 cm³/mol. The number of hydrogen-bond acceptors (Lipinski definition) is 5. The van der Waals surface area contributed by atoms with Gasteiger partial charge in [-0.05, 0) is 26.0 Å². The van der Waals surface area contributed by atoms with Crippen molar-refractivity contribution in [3.63, 3.8) is 0 Å². The van der Waals surface area contributed by atoms with Gasteiger partial charge in [-0.25, -0.2) is 4.98 Å². The van der Waals surface area contributed by atoms with Crippen LogP contribution in [0, 0.1) is 5.92 Å². The molecule has 0 bridgehead atoms. The first-order chi connectivity index (χ1) is 9.38. The second kappa shape index (κ2) is 7.59. The number of carbonyl (C=O) groups is 1. The minimum absolute atomic E-state index is 0.0345. The second-order valence-corrected chi connectivity index (χ2v) is 6.14. The molecule has 20 heavy (non-hydrogen) atoms. The average molecular weight is 296 g/mol. The maximum atomic E-state index is 12.5. The smallest absolute Gasteiger partial charge is 0.240 e. The Labute approximate surface area is 125 Å². The quantitative estimate of drug-likeness (QED) is 0.812. The molecule has 1 amide bonds. The Morgan fingerprint density at radius 2 is 1.90 bits per heavy atom. The number of aromatic nitrogens is 2. The molecule has 1 atom stereocenters. The normalized spacial score (nSPS) is 12.8. The lowest BCUT2D eigenvalue weighted by molar-refractivity contribution is -0.136. The first-order valence-corrected chi connectivity index (χ1v) is 8.00. The molecule has 0 aliphatic carbocycles. The van der Waals surface area contributed by atoms with Crippen molar-refractivity contribution in [1.29, 1.82) is 0 Å². The molecule has 0 saturated carbocycles. The fourth-order valence-electron chi connectivity index (χ4n) is 1.79. The van der Waals surface area contributed by atoms with Crippen molar-refractivity contribution in [1.82, 2.24) is 14.9 Å². The zero-order valence-electron chi connectivity index (χ0n) is 12.8. The molecule has 1 aromatic rings. The van der Waals surface area contributed by atoms with Crippen LogP contribution in [0.25, 0.3) is 0 Å². The highest BCUT2D eigenvalue weighted by molar-refractivity contribution is 7.98. The molecule has 0 saturated heterocycles. The summed E-state index contributed by atoms with van der Waals surface area (Å²) >= 11 is 1.53. The van der Waals surface area contributed by atoms with Crippen molar-refractivity contribution in [2.75, 3.05) is 6.26 Å². The van der Waals surface area contributed by atoms with Gasteiger partial charge in [0.05, 0.1) is 18.3 Å². The number of hydrogen-bond donors (Lipinski definition) is 1. The minimum atomic E-state index is -0.480. The topological polar surface area (TPSA) is 72.1 Å². The maximum absolute atomic E-state index is 12.5. The van der Waals surface area contributed by atoms with E-state index >= 15 is 0 Å². The zero-order chi connectivity index (χ0) is 15.3. The van der Waals surface area contributed by atoms with Gasteiger partial charge >= 0.3 is 0 Å². The third-order valence-electron chi connectivity index (χ3n) is 3.16. The molecular formula is C14H24N4OS. The average Bonchev–Trinajstić information content (AvgIpc) is 2.43. The fraction of sp³-hybridized carbons (Fsp3) is 0.643. The lowest BCUT2D eigenvalue weighted by Gasteiger charge is -2.30. The van der Waals surface area contributed by atoms with Crippen molar-refractivity contribution >= 4 is 17.7 Å². The molecule has 6 heteroatoms. The van der Waals surface area contributed by atoms with E-state index < -0.39 is 6.04 Å². The van der Waals surface area contributed by atoms with Crippen LogP contribution in [-0.2, 0) is 11.3 Å². The van der Waals surface area contributed by atoms with Gasteiger partial charge in [-0.2, -0.15) is 0 Å². The number of nitrogens with zero attached hydrogens (tertiary/aromatic N) is 3. The van der Waals surface area contributed by atoms with E-state index in [2.05, 4.69) is 9.97 Å². The Hall–Kier alpha value is -1.14. The summed E-state index contributed by atoms with van der Waals surface area (Å²) in [6.07, 6.45) is 5.27. The van der Waals surface area contributed by atoms with Gasteiger partial charge in [-0.3, -0.25) is 9.78 Å². The highest BCUT2D eigenvalue weighted by Gasteiger charge is 2.26. The summed E-state index contributed by atoms with van der Waals surface area (Å²) in [5.41, 5.74) is 6.81. The third kappa shape index (κ3) is 4.18. The predicted octanol–water partition coefficient (Wildman–Crippen LogP) is 1.92. The molecule has 2 N–H and O–H groups in total. The van der Waals surface area contributed by atoms with E-state index in [1.165, 1.54) is 11.8 Å². The Morgan fingerprint density at radius 3 is 2.40 bits per heavy atom. The number of carbonyl (C=O) groups excluding carboxylic acids is 1. The molecule has 5 nitrogen and oxygen atoms in total. The van der Waals surface area contributed by atoms with E-state index in [1.54, 1.807) is 17.3 Å². The van der Waals surface area contributed by atoms with E-state index in [9.17, 15) is 4.79 Å². The molecule has 1 rings (SSSR count). The number of thioether (sulfide) groups is 1. The summed E-state index contributed by atoms with van der Waals surface area (Å²) in [5, 5.41) is 0.851. The van der Waals surface area contributed by atoms with Crippen molar-refractivity contribution < 1.29 is 4.79 Å². The Bertz CT molecular complexity index is 451. The van der Waals surface area contributed by atoms with Crippen LogP contribution >= 0.6 is 11.8 Å². The standard InChI is InChI=1S/C14H24N4OS/c1-9(2)12(15)14(19)18(10(3)4)8-11-13(20-5)17-7-6-16-11/h6-7,9-10,12H,8,15H2,1-5H3. The van der Waals surface area contributed by atoms with Crippen LogP contribution in [0.15, 0.2) is 17.4 Å². The highest BCUT2D eigenvalue weighted by atomic mass is 32.2. The summed E-state index contributed by atoms with van der Waals surface area (Å²) in [5.74, 6) is 0.0818. The van der Waals surface area contributed by atoms with Crippen LogP contribution in [0.4, 0.5) is 0 Å². The number of amides is 1. The van der Waals surface area contributed by atoms with E-state index in [-0.39, 0.29) is 17.9 Å². The maximum Gasteiger partial charge on any atom is 0.240 e. The minimum Gasteiger partial charge on any atom is -0.333 e. The van der Waals surface area contributed by atoms with Crippen LogP contribution < -0.4 is 5.73 Å². The molecule has 0 fully saturated rings. The van der Waals surface area contributed by atoms with Gasteiger partial charge in [-0.15, -0.1) is 11.8 Å². The fourth-order valence-corrected chi connectivity index (χ4v) is 2.31. The summed E-state index contributed by atoms with van der Waals surface area (Å²) in [7, 11) is 0. The molecule has 1 unspecified atom stereocenters. The van der Waals surface area contributed by atoms with Gasteiger partial charge in [0, 0.05) is 18.4 Å². The molecule has 1 aromatic heterocycles. The van der Waals surface area contributed by atoms with Crippen LogP contribution in [0.3, 0.4) is 0 Å². The van der Waals surface area contributed by atoms with Crippen LogP contribution in [0.5, 0.6) is 0 Å². The largest absolute Gasteiger partial charge is 0.333 e. The van der Waals surface area contributed by atoms with E-state index in [4.69, 9.17) is 5.73 Å². The SMILES string of the molecule is CSc1nccnc1CN(C(=O)C(N)C(C)C)C(C)C. The summed E-state index contributed by atoms with van der Waals surface area (Å²) in [6, 6.07) is -0.407. The first kappa shape index (κ1) is 16.9. The van der Waals surface area contributed by atoms with Gasteiger partial charge in [0.1, 0.15) is 5.03 Å². The highest BCUT2D eigenvalue weighted by Crippen LogP contribution is 2.18. The Morgan fingerprint density at radius 1 is 1.30 bits per heavy atom. The van der Waals surface area contributed by atoms with Gasteiger partial charge < -0.3 is 10.6 Å². The van der Waals surface area contributed by atoms with Crippen LogP contribution in [0.2, 0.25) is 0 Å². The van der Waals surface area contributed by atoms with E-state index in [0.29, 0.717) is 6.54 Å². The molecule has 0 spiro atoms. The molecule has 112 valence electrons. The van der Waals surface area contributed by atoms with Crippen LogP contribution in [-0.4, -0.2) is 39.1 Å². The zero-order valence-corrected chi connectivity index (χ0v) is 13.6. The first-order valence-electron chi connectivity index (χ1n) is 6.78. The van der Waals surface area contributed by atoms with Crippen molar-refractivity contribution in [3.05, 3.63) is 18.1 Å². The molecule has 0 aromatic carbocycles. The van der Waals surface area contributed by atoms with Crippen molar-refractivity contribution in [2.24, 2.45) is 11.7 Å². The van der Waals surface area contributed by atoms with Gasteiger partial charge in [0.15, 0.2) is 0 Å².